The van der Waals surface area contributed by atoms with Crippen molar-refractivity contribution < 1.29 is 21.6 Å². The molecule has 1 heterocycles. The van der Waals surface area contributed by atoms with Gasteiger partial charge in [0.05, 0.1) is 11.3 Å². The first-order valence-electron chi connectivity index (χ1n) is 5.13. The number of pyridine rings is 1. The van der Waals surface area contributed by atoms with Gasteiger partial charge < -0.3 is 11.1 Å². The molecule has 0 bridgehead atoms. The SMILES string of the molecule is NC(=S)c1ccc(C(F)(F)F)nc1NCCS(N)(=O)=O. The summed E-state index contributed by atoms with van der Waals surface area (Å²) >= 11 is 4.68. The maximum Gasteiger partial charge on any atom is 0.433 e. The number of aromatic nitrogens is 1. The molecule has 0 aliphatic heterocycles. The number of halogens is 3. The molecule has 0 unspecified atom stereocenters. The predicted molar refractivity (Wildman–Crippen MR) is 71.6 cm³/mol. The van der Waals surface area contributed by atoms with Crippen molar-refractivity contribution >= 4 is 33.0 Å². The third-order valence-electron chi connectivity index (χ3n) is 2.13. The van der Waals surface area contributed by atoms with E-state index in [0.717, 1.165) is 12.1 Å². The van der Waals surface area contributed by atoms with Gasteiger partial charge >= 0.3 is 6.18 Å². The van der Waals surface area contributed by atoms with Crippen LogP contribution < -0.4 is 16.2 Å². The molecule has 1 rings (SSSR count). The third kappa shape index (κ3) is 4.90. The van der Waals surface area contributed by atoms with Gasteiger partial charge in [-0.05, 0) is 12.1 Å². The lowest BCUT2D eigenvalue weighted by Crippen LogP contribution is -2.24. The summed E-state index contributed by atoms with van der Waals surface area (Å²) in [6.07, 6.45) is -4.63. The summed E-state index contributed by atoms with van der Waals surface area (Å²) < 4.78 is 59.1. The Morgan fingerprint density at radius 1 is 1.40 bits per heavy atom. The number of thiocarbonyl (C=S) groups is 1. The predicted octanol–water partition coefficient (Wildman–Crippen LogP) is 0.435. The van der Waals surface area contributed by atoms with Crippen molar-refractivity contribution in [2.45, 2.75) is 6.18 Å². The molecule has 0 aliphatic rings. The molecule has 0 atom stereocenters. The van der Waals surface area contributed by atoms with Crippen LogP contribution in [-0.4, -0.2) is 30.7 Å². The highest BCUT2D eigenvalue weighted by atomic mass is 32.2. The van der Waals surface area contributed by atoms with Gasteiger partial charge in [-0.1, -0.05) is 12.2 Å². The molecule has 0 amide bonds. The summed E-state index contributed by atoms with van der Waals surface area (Å²) in [7, 11) is -3.74. The van der Waals surface area contributed by atoms with Crippen LogP contribution in [-0.2, 0) is 16.2 Å². The van der Waals surface area contributed by atoms with Gasteiger partial charge in [0.2, 0.25) is 10.0 Å². The molecule has 112 valence electrons. The number of hydrogen-bond donors (Lipinski definition) is 3. The van der Waals surface area contributed by atoms with Gasteiger partial charge in [0.1, 0.15) is 16.5 Å². The zero-order valence-electron chi connectivity index (χ0n) is 9.94. The van der Waals surface area contributed by atoms with Crippen LogP contribution in [0.2, 0.25) is 0 Å². The minimum absolute atomic E-state index is 0.0856. The number of rotatable bonds is 5. The molecule has 0 saturated carbocycles. The number of primary sulfonamides is 1. The Bertz CT molecular complexity index is 616. The average Bonchev–Trinajstić information content (AvgIpc) is 2.25. The molecular weight excluding hydrogens is 317 g/mol. The lowest BCUT2D eigenvalue weighted by atomic mass is 10.2. The van der Waals surface area contributed by atoms with Gasteiger partial charge in [-0.2, -0.15) is 13.2 Å². The third-order valence-corrected chi connectivity index (χ3v) is 3.12. The number of sulfonamides is 1. The van der Waals surface area contributed by atoms with E-state index in [4.69, 9.17) is 10.9 Å². The van der Waals surface area contributed by atoms with Gasteiger partial charge in [0.25, 0.3) is 0 Å². The number of alkyl halides is 3. The van der Waals surface area contributed by atoms with Crippen LogP contribution in [0, 0.1) is 0 Å². The second-order valence-electron chi connectivity index (χ2n) is 3.75. The number of anilines is 1. The monoisotopic (exact) mass is 328 g/mol. The Kier molecular flexibility index (Phi) is 4.89. The van der Waals surface area contributed by atoms with Crippen LogP contribution in [0.4, 0.5) is 19.0 Å². The van der Waals surface area contributed by atoms with E-state index in [1.54, 1.807) is 0 Å². The van der Waals surface area contributed by atoms with Gasteiger partial charge in [-0.3, -0.25) is 0 Å². The van der Waals surface area contributed by atoms with Crippen molar-refractivity contribution in [3.8, 4) is 0 Å². The normalized spacial score (nSPS) is 12.2. The van der Waals surface area contributed by atoms with E-state index in [9.17, 15) is 21.6 Å². The first-order chi connectivity index (χ1) is 9.00. The second kappa shape index (κ2) is 5.89. The number of nitrogens with two attached hydrogens (primary N) is 2. The van der Waals surface area contributed by atoms with Crippen LogP contribution in [0.3, 0.4) is 0 Å². The fraction of sp³-hybridized carbons (Fsp3) is 0.333. The highest BCUT2D eigenvalue weighted by molar-refractivity contribution is 7.89. The highest BCUT2D eigenvalue weighted by Gasteiger charge is 2.33. The van der Waals surface area contributed by atoms with Crippen molar-refractivity contribution in [2.24, 2.45) is 10.9 Å². The van der Waals surface area contributed by atoms with Crippen LogP contribution in [0.25, 0.3) is 0 Å². The number of nitrogens with zero attached hydrogens (tertiary/aromatic N) is 1. The van der Waals surface area contributed by atoms with Crippen molar-refractivity contribution in [1.29, 1.82) is 0 Å². The maximum absolute atomic E-state index is 12.5. The van der Waals surface area contributed by atoms with Crippen LogP contribution in [0.5, 0.6) is 0 Å². The molecule has 0 radical (unpaired) electrons. The van der Waals surface area contributed by atoms with E-state index >= 15 is 0 Å². The Labute approximate surface area is 118 Å². The van der Waals surface area contributed by atoms with E-state index in [1.165, 1.54) is 0 Å². The van der Waals surface area contributed by atoms with Gasteiger partial charge in [0, 0.05) is 6.54 Å². The molecule has 0 saturated heterocycles. The van der Waals surface area contributed by atoms with Crippen LogP contribution in [0.15, 0.2) is 12.1 Å². The zero-order chi connectivity index (χ0) is 15.6. The Hall–Kier alpha value is -1.46. The zero-order valence-corrected chi connectivity index (χ0v) is 11.6. The van der Waals surface area contributed by atoms with Crippen molar-refractivity contribution in [2.75, 3.05) is 17.6 Å². The topological polar surface area (TPSA) is 111 Å². The summed E-state index contributed by atoms with van der Waals surface area (Å²) in [5.41, 5.74) is 4.30. The molecule has 1 aromatic heterocycles. The van der Waals surface area contributed by atoms with Gasteiger partial charge in [-0.25, -0.2) is 18.5 Å². The lowest BCUT2D eigenvalue weighted by molar-refractivity contribution is -0.141. The fourth-order valence-corrected chi connectivity index (χ4v) is 1.81. The summed E-state index contributed by atoms with van der Waals surface area (Å²) in [6.45, 7) is -0.219. The average molecular weight is 328 g/mol. The van der Waals surface area contributed by atoms with Crippen molar-refractivity contribution in [1.82, 2.24) is 4.98 Å². The molecule has 1 aromatic rings. The largest absolute Gasteiger partial charge is 0.433 e. The molecule has 6 nitrogen and oxygen atoms in total. The minimum Gasteiger partial charge on any atom is -0.389 e. The minimum atomic E-state index is -4.63. The molecule has 0 aliphatic carbocycles. The Morgan fingerprint density at radius 3 is 2.45 bits per heavy atom. The molecule has 0 spiro atoms. The van der Waals surface area contributed by atoms with E-state index in [1.807, 2.05) is 0 Å². The first-order valence-corrected chi connectivity index (χ1v) is 7.25. The Morgan fingerprint density at radius 2 is 2.00 bits per heavy atom. The summed E-state index contributed by atoms with van der Waals surface area (Å²) in [5, 5.41) is 7.20. The molecule has 0 fully saturated rings. The summed E-state index contributed by atoms with van der Waals surface area (Å²) in [5.74, 6) is -0.710. The highest BCUT2D eigenvalue weighted by Crippen LogP contribution is 2.29. The molecule has 5 N–H and O–H groups in total. The van der Waals surface area contributed by atoms with Crippen LogP contribution >= 0.6 is 12.2 Å². The van der Waals surface area contributed by atoms with E-state index in [0.29, 0.717) is 0 Å². The van der Waals surface area contributed by atoms with Crippen LogP contribution in [0.1, 0.15) is 11.3 Å². The first kappa shape index (κ1) is 16.6. The molecule has 0 aromatic carbocycles. The molecular formula is C9H11F3N4O2S2. The standard InChI is InChI=1S/C9H11F3N4O2S2/c10-9(11,12)6-2-1-5(7(13)19)8(16-6)15-3-4-20(14,17)18/h1-2H,3-4H2,(H2,13,19)(H,15,16)(H2,14,17,18). The van der Waals surface area contributed by atoms with E-state index in [-0.39, 0.29) is 22.9 Å². The second-order valence-corrected chi connectivity index (χ2v) is 5.92. The molecule has 20 heavy (non-hydrogen) atoms. The quantitative estimate of drug-likeness (QED) is 0.676. The smallest absolute Gasteiger partial charge is 0.389 e. The molecule has 11 heteroatoms. The summed E-state index contributed by atoms with van der Waals surface area (Å²) in [4.78, 5) is 3.18. The van der Waals surface area contributed by atoms with E-state index in [2.05, 4.69) is 22.5 Å². The van der Waals surface area contributed by atoms with Crippen molar-refractivity contribution in [3.05, 3.63) is 23.4 Å². The summed E-state index contributed by atoms with van der Waals surface area (Å²) in [6, 6.07) is 1.80. The number of nitrogens with one attached hydrogen (secondary N) is 1. The Balaban J connectivity index is 3.04. The van der Waals surface area contributed by atoms with Crippen molar-refractivity contribution in [3.63, 3.8) is 0 Å². The maximum atomic E-state index is 12.5. The fourth-order valence-electron chi connectivity index (χ4n) is 1.26. The van der Waals surface area contributed by atoms with Gasteiger partial charge in [-0.15, -0.1) is 0 Å². The van der Waals surface area contributed by atoms with E-state index < -0.39 is 27.6 Å². The number of hydrogen-bond acceptors (Lipinski definition) is 5. The van der Waals surface area contributed by atoms with Gasteiger partial charge in [0.15, 0.2) is 0 Å². The lowest BCUT2D eigenvalue weighted by Gasteiger charge is -2.13.